The lowest BCUT2D eigenvalue weighted by molar-refractivity contribution is -0.117. The minimum Gasteiger partial charge on any atom is -0.345 e. The van der Waals surface area contributed by atoms with Gasteiger partial charge in [-0.05, 0) is 50.1 Å². The highest BCUT2D eigenvalue weighted by atomic mass is 16.2. The molecule has 0 aromatic heterocycles. The second-order valence-corrected chi connectivity index (χ2v) is 5.37. The standard InChI is InChI=1S/C15H21N3O2/c1-10-9-11(6-7-12(10)15(20)18(2)3)17-14(19)13-5-4-8-16-13/h6-7,9,13,16H,4-5,8H2,1-3H3,(H,17,19). The lowest BCUT2D eigenvalue weighted by Crippen LogP contribution is -2.35. The van der Waals surface area contributed by atoms with Gasteiger partial charge in [-0.1, -0.05) is 0 Å². The number of amides is 2. The molecule has 0 aliphatic carbocycles. The molecule has 5 heteroatoms. The molecule has 0 bridgehead atoms. The van der Waals surface area contributed by atoms with E-state index in [0.29, 0.717) is 5.56 Å². The third kappa shape index (κ3) is 3.17. The molecule has 2 rings (SSSR count). The minimum atomic E-state index is -0.0987. The molecular weight excluding hydrogens is 254 g/mol. The first-order valence-electron chi connectivity index (χ1n) is 6.85. The normalized spacial score (nSPS) is 17.9. The van der Waals surface area contributed by atoms with Gasteiger partial charge in [-0.15, -0.1) is 0 Å². The molecule has 0 spiro atoms. The Labute approximate surface area is 119 Å². The van der Waals surface area contributed by atoms with Crippen LogP contribution in [-0.4, -0.2) is 43.4 Å². The fraction of sp³-hybridized carbons (Fsp3) is 0.467. The topological polar surface area (TPSA) is 61.4 Å². The van der Waals surface area contributed by atoms with Crippen LogP contribution in [0.4, 0.5) is 5.69 Å². The number of hydrogen-bond acceptors (Lipinski definition) is 3. The molecule has 1 aliphatic rings. The number of rotatable bonds is 3. The fourth-order valence-corrected chi connectivity index (χ4v) is 2.36. The number of hydrogen-bond donors (Lipinski definition) is 2. The minimum absolute atomic E-state index is 0.00594. The largest absolute Gasteiger partial charge is 0.345 e. The van der Waals surface area contributed by atoms with E-state index in [1.54, 1.807) is 31.1 Å². The van der Waals surface area contributed by atoms with Crippen LogP contribution in [0, 0.1) is 6.92 Å². The SMILES string of the molecule is Cc1cc(NC(=O)C2CCCN2)ccc1C(=O)N(C)C. The molecule has 1 aromatic rings. The molecule has 1 atom stereocenters. The van der Waals surface area contributed by atoms with E-state index >= 15 is 0 Å². The first-order chi connectivity index (χ1) is 9.49. The summed E-state index contributed by atoms with van der Waals surface area (Å²) in [5.74, 6) is -0.0357. The Balaban J connectivity index is 2.09. The smallest absolute Gasteiger partial charge is 0.253 e. The lowest BCUT2D eigenvalue weighted by atomic mass is 10.1. The molecule has 5 nitrogen and oxygen atoms in total. The Morgan fingerprint density at radius 1 is 1.35 bits per heavy atom. The number of aryl methyl sites for hydroxylation is 1. The van der Waals surface area contributed by atoms with Crippen LogP contribution in [0.1, 0.15) is 28.8 Å². The maximum absolute atomic E-state index is 12.0. The zero-order chi connectivity index (χ0) is 14.7. The summed E-state index contributed by atoms with van der Waals surface area (Å²) in [7, 11) is 3.45. The molecule has 1 fully saturated rings. The summed E-state index contributed by atoms with van der Waals surface area (Å²) < 4.78 is 0. The highest BCUT2D eigenvalue weighted by Gasteiger charge is 2.22. The molecule has 0 radical (unpaired) electrons. The maximum atomic E-state index is 12.0. The Kier molecular flexibility index (Phi) is 4.39. The van der Waals surface area contributed by atoms with Crippen LogP contribution < -0.4 is 10.6 Å². The molecule has 1 heterocycles. The van der Waals surface area contributed by atoms with Crippen LogP contribution in [0.3, 0.4) is 0 Å². The predicted octanol–water partition coefficient (Wildman–Crippen LogP) is 1.39. The molecule has 1 saturated heterocycles. The molecular formula is C15H21N3O2. The van der Waals surface area contributed by atoms with Crippen LogP contribution in [0.5, 0.6) is 0 Å². The zero-order valence-electron chi connectivity index (χ0n) is 12.2. The van der Waals surface area contributed by atoms with Crippen LogP contribution in [0.25, 0.3) is 0 Å². The third-order valence-corrected chi connectivity index (χ3v) is 3.51. The van der Waals surface area contributed by atoms with Crippen molar-refractivity contribution in [2.24, 2.45) is 0 Å². The summed E-state index contributed by atoms with van der Waals surface area (Å²) in [6.07, 6.45) is 1.91. The Hall–Kier alpha value is -1.88. The monoisotopic (exact) mass is 275 g/mol. The van der Waals surface area contributed by atoms with Crippen molar-refractivity contribution in [3.63, 3.8) is 0 Å². The number of anilines is 1. The Morgan fingerprint density at radius 3 is 2.65 bits per heavy atom. The second kappa shape index (κ2) is 6.05. The van der Waals surface area contributed by atoms with E-state index in [1.807, 2.05) is 13.0 Å². The van der Waals surface area contributed by atoms with Gasteiger partial charge in [0.1, 0.15) is 0 Å². The molecule has 2 amide bonds. The van der Waals surface area contributed by atoms with E-state index in [9.17, 15) is 9.59 Å². The van der Waals surface area contributed by atoms with Crippen LogP contribution in [-0.2, 0) is 4.79 Å². The van der Waals surface area contributed by atoms with Gasteiger partial charge in [0.15, 0.2) is 0 Å². The molecule has 20 heavy (non-hydrogen) atoms. The van der Waals surface area contributed by atoms with Gasteiger partial charge in [0, 0.05) is 25.3 Å². The van der Waals surface area contributed by atoms with Crippen molar-refractivity contribution in [2.75, 3.05) is 26.0 Å². The molecule has 1 unspecified atom stereocenters. The predicted molar refractivity (Wildman–Crippen MR) is 78.9 cm³/mol. The average Bonchev–Trinajstić information content (AvgIpc) is 2.92. The number of benzene rings is 1. The van der Waals surface area contributed by atoms with Crippen molar-refractivity contribution in [3.05, 3.63) is 29.3 Å². The highest BCUT2D eigenvalue weighted by Crippen LogP contribution is 2.17. The quantitative estimate of drug-likeness (QED) is 0.876. The average molecular weight is 275 g/mol. The van der Waals surface area contributed by atoms with Gasteiger partial charge < -0.3 is 15.5 Å². The molecule has 0 saturated carbocycles. The van der Waals surface area contributed by atoms with Gasteiger partial charge >= 0.3 is 0 Å². The van der Waals surface area contributed by atoms with Gasteiger partial charge in [-0.2, -0.15) is 0 Å². The van der Waals surface area contributed by atoms with Crippen molar-refractivity contribution in [2.45, 2.75) is 25.8 Å². The Bertz CT molecular complexity index is 520. The maximum Gasteiger partial charge on any atom is 0.253 e. The van der Waals surface area contributed by atoms with Crippen molar-refractivity contribution in [1.82, 2.24) is 10.2 Å². The molecule has 1 aromatic carbocycles. The van der Waals surface area contributed by atoms with Crippen molar-refractivity contribution >= 4 is 17.5 Å². The van der Waals surface area contributed by atoms with Crippen LogP contribution in [0.15, 0.2) is 18.2 Å². The summed E-state index contributed by atoms with van der Waals surface area (Å²) in [5, 5.41) is 6.06. The summed E-state index contributed by atoms with van der Waals surface area (Å²) in [5.41, 5.74) is 2.25. The van der Waals surface area contributed by atoms with E-state index in [0.717, 1.165) is 30.6 Å². The van der Waals surface area contributed by atoms with Crippen LogP contribution in [0.2, 0.25) is 0 Å². The van der Waals surface area contributed by atoms with E-state index in [-0.39, 0.29) is 17.9 Å². The van der Waals surface area contributed by atoms with Gasteiger partial charge in [-0.25, -0.2) is 0 Å². The first-order valence-corrected chi connectivity index (χ1v) is 6.85. The van der Waals surface area contributed by atoms with Gasteiger partial charge in [-0.3, -0.25) is 9.59 Å². The summed E-state index contributed by atoms with van der Waals surface area (Å²) >= 11 is 0. The highest BCUT2D eigenvalue weighted by molar-refractivity contribution is 5.98. The molecule has 2 N–H and O–H groups in total. The van der Waals surface area contributed by atoms with E-state index in [4.69, 9.17) is 0 Å². The van der Waals surface area contributed by atoms with Gasteiger partial charge in [0.05, 0.1) is 6.04 Å². The van der Waals surface area contributed by atoms with Gasteiger partial charge in [0.25, 0.3) is 5.91 Å². The number of nitrogens with one attached hydrogen (secondary N) is 2. The van der Waals surface area contributed by atoms with Gasteiger partial charge in [0.2, 0.25) is 5.91 Å². The van der Waals surface area contributed by atoms with E-state index in [1.165, 1.54) is 0 Å². The van der Waals surface area contributed by atoms with Crippen molar-refractivity contribution < 1.29 is 9.59 Å². The number of nitrogens with zero attached hydrogens (tertiary/aromatic N) is 1. The van der Waals surface area contributed by atoms with Crippen LogP contribution >= 0.6 is 0 Å². The summed E-state index contributed by atoms with van der Waals surface area (Å²) in [6.45, 7) is 2.77. The van der Waals surface area contributed by atoms with E-state index < -0.39 is 0 Å². The van der Waals surface area contributed by atoms with Crippen molar-refractivity contribution in [1.29, 1.82) is 0 Å². The molecule has 1 aliphatic heterocycles. The Morgan fingerprint density at radius 2 is 2.10 bits per heavy atom. The fourth-order valence-electron chi connectivity index (χ4n) is 2.36. The van der Waals surface area contributed by atoms with E-state index in [2.05, 4.69) is 10.6 Å². The zero-order valence-corrected chi connectivity index (χ0v) is 12.2. The summed E-state index contributed by atoms with van der Waals surface area (Å²) in [6, 6.07) is 5.27. The summed E-state index contributed by atoms with van der Waals surface area (Å²) in [4.78, 5) is 25.5. The molecule has 108 valence electrons. The third-order valence-electron chi connectivity index (χ3n) is 3.51. The second-order valence-electron chi connectivity index (χ2n) is 5.37. The number of carbonyl (C=O) groups is 2. The lowest BCUT2D eigenvalue weighted by Gasteiger charge is -2.15. The first kappa shape index (κ1) is 14.5. The van der Waals surface area contributed by atoms with Crippen molar-refractivity contribution in [3.8, 4) is 0 Å². The number of carbonyl (C=O) groups excluding carboxylic acids is 2.